The molecule has 0 atom stereocenters. The molecule has 0 aliphatic carbocycles. The normalized spacial score (nSPS) is 10.6. The lowest BCUT2D eigenvalue weighted by Gasteiger charge is -2.04. The third-order valence-electron chi connectivity index (χ3n) is 1.38. The number of hydrogen-bond acceptors (Lipinski definition) is 4. The number of aromatic nitrogens is 2. The Balaban J connectivity index is 2.90. The minimum Gasteiger partial charge on any atom is -0.262 e. The van der Waals surface area contributed by atoms with E-state index in [9.17, 15) is 8.42 Å². The van der Waals surface area contributed by atoms with Gasteiger partial charge in [-0.1, -0.05) is 13.2 Å². The van der Waals surface area contributed by atoms with Gasteiger partial charge in [-0.15, -0.1) is 5.10 Å². The van der Waals surface area contributed by atoms with Crippen molar-refractivity contribution in [3.63, 3.8) is 0 Å². The molecule has 0 spiro atoms. The second-order valence-corrected chi connectivity index (χ2v) is 4.12. The number of allylic oxidation sites excluding steroid dienone is 1. The standard InChI is InChI=1S/C8H9N3O2S/c1-3-7(2)14(12,13)11-8-5-4-6-9-10-8/h3-6H,1-2H2,(H,10,11). The molecule has 1 N–H and O–H groups in total. The van der Waals surface area contributed by atoms with E-state index >= 15 is 0 Å². The fourth-order valence-corrected chi connectivity index (χ4v) is 1.40. The van der Waals surface area contributed by atoms with Gasteiger partial charge in [0.25, 0.3) is 10.0 Å². The van der Waals surface area contributed by atoms with Gasteiger partial charge in [-0.3, -0.25) is 4.72 Å². The molecular formula is C8H9N3O2S. The molecule has 0 bridgehead atoms. The molecule has 0 unspecified atom stereocenters. The molecular weight excluding hydrogens is 202 g/mol. The zero-order valence-corrected chi connectivity index (χ0v) is 8.16. The Morgan fingerprint density at radius 3 is 2.79 bits per heavy atom. The first-order valence-electron chi connectivity index (χ1n) is 3.68. The average Bonchev–Trinajstić information content (AvgIpc) is 2.17. The maximum absolute atomic E-state index is 11.4. The van der Waals surface area contributed by atoms with Crippen molar-refractivity contribution in [3.05, 3.63) is 42.5 Å². The van der Waals surface area contributed by atoms with E-state index < -0.39 is 10.0 Å². The van der Waals surface area contributed by atoms with Crippen LogP contribution in [-0.4, -0.2) is 18.6 Å². The van der Waals surface area contributed by atoms with Crippen molar-refractivity contribution >= 4 is 15.8 Å². The third kappa shape index (κ3) is 2.40. The van der Waals surface area contributed by atoms with E-state index in [1.807, 2.05) is 0 Å². The van der Waals surface area contributed by atoms with E-state index in [0.29, 0.717) is 0 Å². The van der Waals surface area contributed by atoms with Crippen LogP contribution in [0.2, 0.25) is 0 Å². The Morgan fingerprint density at radius 2 is 2.29 bits per heavy atom. The van der Waals surface area contributed by atoms with Crippen molar-refractivity contribution in [2.24, 2.45) is 0 Å². The number of anilines is 1. The van der Waals surface area contributed by atoms with Crippen molar-refractivity contribution in [1.82, 2.24) is 10.2 Å². The van der Waals surface area contributed by atoms with Gasteiger partial charge in [0.1, 0.15) is 0 Å². The molecule has 0 saturated heterocycles. The Kier molecular flexibility index (Phi) is 2.98. The smallest absolute Gasteiger partial charge is 0.262 e. The first-order valence-corrected chi connectivity index (χ1v) is 5.16. The van der Waals surface area contributed by atoms with Crippen molar-refractivity contribution in [2.75, 3.05) is 4.72 Å². The number of sulfonamides is 1. The Morgan fingerprint density at radius 1 is 1.57 bits per heavy atom. The Labute approximate surface area is 82.2 Å². The van der Waals surface area contributed by atoms with Crippen LogP contribution in [0.25, 0.3) is 0 Å². The molecule has 74 valence electrons. The molecule has 0 saturated carbocycles. The quantitative estimate of drug-likeness (QED) is 0.751. The van der Waals surface area contributed by atoms with Crippen LogP contribution in [0.4, 0.5) is 5.82 Å². The molecule has 0 aliphatic rings. The predicted octanol–water partition coefficient (Wildman–Crippen LogP) is 0.918. The second-order valence-electron chi connectivity index (χ2n) is 2.38. The van der Waals surface area contributed by atoms with Crippen LogP contribution in [0, 0.1) is 0 Å². The molecule has 0 aromatic carbocycles. The molecule has 6 heteroatoms. The summed E-state index contributed by atoms with van der Waals surface area (Å²) in [6.45, 7) is 6.64. The lowest BCUT2D eigenvalue weighted by Crippen LogP contribution is -2.14. The molecule has 1 heterocycles. The molecule has 0 radical (unpaired) electrons. The highest BCUT2D eigenvalue weighted by Gasteiger charge is 2.12. The fourth-order valence-electron chi connectivity index (χ4n) is 0.669. The molecule has 14 heavy (non-hydrogen) atoms. The number of nitrogens with zero attached hydrogens (tertiary/aromatic N) is 2. The van der Waals surface area contributed by atoms with E-state index in [1.165, 1.54) is 12.3 Å². The molecule has 1 aromatic heterocycles. The first-order chi connectivity index (χ1) is 6.56. The summed E-state index contributed by atoms with van der Waals surface area (Å²) in [5.41, 5.74) is 0. The molecule has 1 aromatic rings. The van der Waals surface area contributed by atoms with Gasteiger partial charge in [-0.25, -0.2) is 8.42 Å². The first kappa shape index (κ1) is 10.4. The zero-order valence-electron chi connectivity index (χ0n) is 7.34. The lowest BCUT2D eigenvalue weighted by molar-refractivity contribution is 0.607. The van der Waals surface area contributed by atoms with Gasteiger partial charge in [-0.2, -0.15) is 5.10 Å². The van der Waals surface area contributed by atoms with Crippen LogP contribution in [0.15, 0.2) is 42.5 Å². The van der Waals surface area contributed by atoms with Crippen LogP contribution in [0.1, 0.15) is 0 Å². The molecule has 0 amide bonds. The summed E-state index contributed by atoms with van der Waals surface area (Å²) in [6.07, 6.45) is 2.60. The van der Waals surface area contributed by atoms with Gasteiger partial charge in [0, 0.05) is 6.20 Å². The van der Waals surface area contributed by atoms with E-state index in [0.717, 1.165) is 6.08 Å². The van der Waals surface area contributed by atoms with Crippen LogP contribution in [0.3, 0.4) is 0 Å². The van der Waals surface area contributed by atoms with Crippen LogP contribution < -0.4 is 4.72 Å². The van der Waals surface area contributed by atoms with Crippen molar-refractivity contribution in [2.45, 2.75) is 0 Å². The average molecular weight is 211 g/mol. The van der Waals surface area contributed by atoms with Crippen LogP contribution >= 0.6 is 0 Å². The fraction of sp³-hybridized carbons (Fsp3) is 0. The van der Waals surface area contributed by atoms with E-state index in [-0.39, 0.29) is 10.7 Å². The van der Waals surface area contributed by atoms with Crippen molar-refractivity contribution < 1.29 is 8.42 Å². The van der Waals surface area contributed by atoms with Crippen molar-refractivity contribution in [1.29, 1.82) is 0 Å². The summed E-state index contributed by atoms with van der Waals surface area (Å²) < 4.78 is 25.0. The maximum atomic E-state index is 11.4. The SMILES string of the molecule is C=CC(=C)S(=O)(=O)Nc1cccnn1. The third-order valence-corrected chi connectivity index (χ3v) is 2.72. The maximum Gasteiger partial charge on any atom is 0.262 e. The van der Waals surface area contributed by atoms with E-state index in [4.69, 9.17) is 0 Å². The van der Waals surface area contributed by atoms with Crippen LogP contribution in [0.5, 0.6) is 0 Å². The van der Waals surface area contributed by atoms with Gasteiger partial charge in [0.15, 0.2) is 5.82 Å². The zero-order chi connectivity index (χ0) is 10.6. The Bertz CT molecular complexity index is 439. The molecule has 0 aliphatic heterocycles. The minimum absolute atomic E-state index is 0.108. The molecule has 1 rings (SSSR count). The largest absolute Gasteiger partial charge is 0.262 e. The molecule has 0 fully saturated rings. The summed E-state index contributed by atoms with van der Waals surface area (Å²) >= 11 is 0. The summed E-state index contributed by atoms with van der Waals surface area (Å²) in [4.78, 5) is -0.108. The summed E-state index contributed by atoms with van der Waals surface area (Å²) in [7, 11) is -3.63. The second kappa shape index (κ2) is 4.01. The summed E-state index contributed by atoms with van der Waals surface area (Å²) in [5, 5.41) is 7.09. The van der Waals surface area contributed by atoms with Gasteiger partial charge < -0.3 is 0 Å². The highest BCUT2D eigenvalue weighted by molar-refractivity contribution is 7.96. The minimum atomic E-state index is -3.63. The van der Waals surface area contributed by atoms with Gasteiger partial charge in [0.2, 0.25) is 0 Å². The number of rotatable bonds is 4. The summed E-state index contributed by atoms with van der Waals surface area (Å²) in [6, 6.07) is 3.06. The highest BCUT2D eigenvalue weighted by Crippen LogP contribution is 2.09. The van der Waals surface area contributed by atoms with E-state index in [1.54, 1.807) is 6.07 Å². The number of hydrogen-bond donors (Lipinski definition) is 1. The highest BCUT2D eigenvalue weighted by atomic mass is 32.2. The monoisotopic (exact) mass is 211 g/mol. The number of nitrogens with one attached hydrogen (secondary N) is 1. The Hall–Kier alpha value is -1.69. The predicted molar refractivity (Wildman–Crippen MR) is 53.9 cm³/mol. The van der Waals surface area contributed by atoms with Crippen molar-refractivity contribution in [3.8, 4) is 0 Å². The van der Waals surface area contributed by atoms with Gasteiger partial charge in [-0.05, 0) is 18.2 Å². The van der Waals surface area contributed by atoms with E-state index in [2.05, 4.69) is 28.1 Å². The topological polar surface area (TPSA) is 72.0 Å². The van der Waals surface area contributed by atoms with Gasteiger partial charge in [0.05, 0.1) is 4.91 Å². The van der Waals surface area contributed by atoms with Gasteiger partial charge >= 0.3 is 0 Å². The lowest BCUT2D eigenvalue weighted by atomic mass is 10.6. The molecule has 5 nitrogen and oxygen atoms in total. The summed E-state index contributed by atoms with van der Waals surface area (Å²) in [5.74, 6) is 0.149. The van der Waals surface area contributed by atoms with Crippen LogP contribution in [-0.2, 0) is 10.0 Å².